The molecule has 0 N–H and O–H groups in total. The van der Waals surface area contributed by atoms with Crippen LogP contribution in [0.4, 0.5) is 0 Å². The molecule has 3 heteroatoms. The largest absolute Gasteiger partial charge is 0.259 e. The summed E-state index contributed by atoms with van der Waals surface area (Å²) in [7, 11) is 3.79. The average molecular weight is 197 g/mol. The maximum Gasteiger partial charge on any atom is 0.0689 e. The van der Waals surface area contributed by atoms with E-state index in [0.29, 0.717) is 11.2 Å². The summed E-state index contributed by atoms with van der Waals surface area (Å²) >= 11 is 0. The Bertz CT molecular complexity index is 286. The first-order chi connectivity index (χ1) is 5.79. The van der Waals surface area contributed by atoms with Gasteiger partial charge in [0.1, 0.15) is 0 Å². The molecule has 0 bridgehead atoms. The fourth-order valence-corrected chi connectivity index (χ4v) is 4.43. The molecule has 1 atom stereocenters. The van der Waals surface area contributed by atoms with Gasteiger partial charge in [0.15, 0.2) is 0 Å². The summed E-state index contributed by atoms with van der Waals surface area (Å²) in [4.78, 5) is 5.77. The van der Waals surface area contributed by atoms with E-state index in [4.69, 9.17) is 0 Å². The molecule has 1 aromatic rings. The first-order valence-corrected chi connectivity index (χ1v) is 6.28. The van der Waals surface area contributed by atoms with E-state index in [0.717, 1.165) is 0 Å². The van der Waals surface area contributed by atoms with Crippen molar-refractivity contribution < 1.29 is 0 Å². The number of nitrogens with zero attached hydrogens (tertiary/aromatic N) is 1. The molecule has 1 nitrogen and oxygen atoms in total. The van der Waals surface area contributed by atoms with Gasteiger partial charge in [0.2, 0.25) is 0 Å². The minimum atomic E-state index is 0.589. The molecule has 0 aromatic carbocycles. The van der Waals surface area contributed by atoms with Gasteiger partial charge in [0.25, 0.3) is 0 Å². The van der Waals surface area contributed by atoms with Crippen molar-refractivity contribution in [3.05, 3.63) is 24.0 Å². The number of hydrogen-bond donors (Lipinski definition) is 0. The Balaban J connectivity index is 2.36. The molecule has 0 amide bonds. The Kier molecular flexibility index (Phi) is 2.33. The van der Waals surface area contributed by atoms with Crippen molar-refractivity contribution in [2.24, 2.45) is 5.92 Å². The quantitative estimate of drug-likeness (QED) is 0.639. The van der Waals surface area contributed by atoms with Gasteiger partial charge < -0.3 is 0 Å². The van der Waals surface area contributed by atoms with E-state index in [1.807, 2.05) is 33.9 Å². The molecule has 2 heterocycles. The summed E-state index contributed by atoms with van der Waals surface area (Å²) in [5, 5.41) is 0.589. The van der Waals surface area contributed by atoms with Crippen molar-refractivity contribution in [2.75, 3.05) is 0 Å². The Morgan fingerprint density at radius 3 is 3.08 bits per heavy atom. The van der Waals surface area contributed by atoms with Gasteiger partial charge in [-0.15, -0.1) is 0 Å². The number of aromatic nitrogens is 1. The van der Waals surface area contributed by atoms with Crippen LogP contribution in [0.25, 0.3) is 0 Å². The molecule has 1 aromatic heterocycles. The molecule has 0 radical (unpaired) electrons. The maximum absolute atomic E-state index is 4.42. The highest BCUT2D eigenvalue weighted by molar-refractivity contribution is 8.77. The molecular weight excluding hydrogens is 186 g/mol. The first-order valence-electron chi connectivity index (χ1n) is 4.07. The highest BCUT2D eigenvalue weighted by Gasteiger charge is 2.27. The zero-order chi connectivity index (χ0) is 8.55. The molecular formula is C9H11NS2. The predicted molar refractivity (Wildman–Crippen MR) is 55.3 cm³/mol. The SMILES string of the molecule is CC(C)C1SSc2cccnc21. The number of fused-ring (bicyclic) bond motifs is 1. The Hall–Kier alpha value is -0.150. The summed E-state index contributed by atoms with van der Waals surface area (Å²) < 4.78 is 0. The van der Waals surface area contributed by atoms with Crippen molar-refractivity contribution in [2.45, 2.75) is 24.0 Å². The van der Waals surface area contributed by atoms with Crippen LogP contribution in [-0.2, 0) is 0 Å². The molecule has 1 unspecified atom stereocenters. The summed E-state index contributed by atoms with van der Waals surface area (Å²) in [6, 6.07) is 4.16. The molecule has 64 valence electrons. The molecule has 0 saturated carbocycles. The van der Waals surface area contributed by atoms with Crippen LogP contribution in [0, 0.1) is 5.92 Å². The molecule has 0 saturated heterocycles. The molecule has 1 aliphatic heterocycles. The molecule has 1 aliphatic rings. The van der Waals surface area contributed by atoms with Crippen molar-refractivity contribution >= 4 is 21.6 Å². The summed E-state index contributed by atoms with van der Waals surface area (Å²) in [5.74, 6) is 0.679. The highest BCUT2D eigenvalue weighted by atomic mass is 33.1. The Morgan fingerprint density at radius 2 is 2.33 bits per heavy atom. The van der Waals surface area contributed by atoms with Crippen LogP contribution >= 0.6 is 21.6 Å². The fraction of sp³-hybridized carbons (Fsp3) is 0.444. The van der Waals surface area contributed by atoms with Gasteiger partial charge >= 0.3 is 0 Å². The van der Waals surface area contributed by atoms with Crippen LogP contribution in [0.2, 0.25) is 0 Å². The smallest absolute Gasteiger partial charge is 0.0689 e. The zero-order valence-electron chi connectivity index (χ0n) is 7.15. The lowest BCUT2D eigenvalue weighted by molar-refractivity contribution is 0.617. The minimum Gasteiger partial charge on any atom is -0.259 e. The Labute approximate surface area is 80.8 Å². The van der Waals surface area contributed by atoms with Gasteiger partial charge in [-0.3, -0.25) is 4.98 Å². The topological polar surface area (TPSA) is 12.9 Å². The highest BCUT2D eigenvalue weighted by Crippen LogP contribution is 2.54. The summed E-state index contributed by atoms with van der Waals surface area (Å²) in [5.41, 5.74) is 1.28. The third-order valence-electron chi connectivity index (χ3n) is 1.92. The van der Waals surface area contributed by atoms with Gasteiger partial charge in [-0.25, -0.2) is 0 Å². The molecule has 0 fully saturated rings. The van der Waals surface area contributed by atoms with Crippen molar-refractivity contribution in [3.8, 4) is 0 Å². The summed E-state index contributed by atoms with van der Waals surface area (Å²) in [6.45, 7) is 4.50. The third-order valence-corrected chi connectivity index (χ3v) is 4.96. The standard InChI is InChI=1S/C9H11NS2/c1-6(2)9-8-7(11-12-9)4-3-5-10-8/h3-6,9H,1-2H3. The average Bonchev–Trinajstić information content (AvgIpc) is 2.47. The second-order valence-corrected chi connectivity index (χ2v) is 5.62. The predicted octanol–water partition coefficient (Wildman–Crippen LogP) is 3.53. The lowest BCUT2D eigenvalue weighted by atomic mass is 10.1. The van der Waals surface area contributed by atoms with E-state index in [-0.39, 0.29) is 0 Å². The first kappa shape index (κ1) is 8.45. The van der Waals surface area contributed by atoms with Crippen LogP contribution in [0.5, 0.6) is 0 Å². The number of rotatable bonds is 1. The van der Waals surface area contributed by atoms with Gasteiger partial charge in [-0.1, -0.05) is 35.4 Å². The van der Waals surface area contributed by atoms with Crippen LogP contribution in [-0.4, -0.2) is 4.98 Å². The van der Waals surface area contributed by atoms with E-state index in [2.05, 4.69) is 24.9 Å². The molecule has 0 spiro atoms. The van der Waals surface area contributed by atoms with Crippen LogP contribution < -0.4 is 0 Å². The van der Waals surface area contributed by atoms with E-state index in [1.165, 1.54) is 10.6 Å². The van der Waals surface area contributed by atoms with Crippen LogP contribution in [0.3, 0.4) is 0 Å². The van der Waals surface area contributed by atoms with Gasteiger partial charge in [0.05, 0.1) is 10.9 Å². The number of hydrogen-bond acceptors (Lipinski definition) is 3. The third kappa shape index (κ3) is 1.36. The lowest BCUT2D eigenvalue weighted by Gasteiger charge is -2.11. The van der Waals surface area contributed by atoms with E-state index >= 15 is 0 Å². The second-order valence-electron chi connectivity index (χ2n) is 3.23. The van der Waals surface area contributed by atoms with Crippen molar-refractivity contribution in [1.29, 1.82) is 0 Å². The monoisotopic (exact) mass is 197 g/mol. The zero-order valence-corrected chi connectivity index (χ0v) is 8.78. The molecule has 2 rings (SSSR count). The lowest BCUT2D eigenvalue weighted by Crippen LogP contribution is -2.00. The fourth-order valence-electron chi connectivity index (χ4n) is 1.26. The van der Waals surface area contributed by atoms with E-state index < -0.39 is 0 Å². The van der Waals surface area contributed by atoms with Crippen molar-refractivity contribution in [1.82, 2.24) is 4.98 Å². The summed E-state index contributed by atoms with van der Waals surface area (Å²) in [6.07, 6.45) is 1.89. The second kappa shape index (κ2) is 3.30. The maximum atomic E-state index is 4.42. The van der Waals surface area contributed by atoms with Crippen LogP contribution in [0.1, 0.15) is 24.8 Å². The normalized spacial score (nSPS) is 21.4. The van der Waals surface area contributed by atoms with Crippen LogP contribution in [0.15, 0.2) is 23.2 Å². The minimum absolute atomic E-state index is 0.589. The van der Waals surface area contributed by atoms with Gasteiger partial charge in [0, 0.05) is 11.1 Å². The van der Waals surface area contributed by atoms with E-state index in [1.54, 1.807) is 0 Å². The van der Waals surface area contributed by atoms with Gasteiger partial charge in [-0.2, -0.15) is 0 Å². The van der Waals surface area contributed by atoms with Crippen molar-refractivity contribution in [3.63, 3.8) is 0 Å². The van der Waals surface area contributed by atoms with E-state index in [9.17, 15) is 0 Å². The molecule has 12 heavy (non-hydrogen) atoms. The molecule has 0 aliphatic carbocycles. The number of pyridine rings is 1. The van der Waals surface area contributed by atoms with Gasteiger partial charge in [-0.05, 0) is 18.1 Å². The Morgan fingerprint density at radius 1 is 1.50 bits per heavy atom.